The van der Waals surface area contributed by atoms with Crippen LogP contribution >= 0.6 is 0 Å². The number of benzene rings is 4. The first-order chi connectivity index (χ1) is 18.3. The number of hydrogen-bond acceptors (Lipinski definition) is 6. The van der Waals surface area contributed by atoms with Crippen molar-refractivity contribution in [1.29, 1.82) is 0 Å². The Morgan fingerprint density at radius 1 is 0.474 bits per heavy atom. The number of fused-ring (bicyclic) bond motifs is 3. The maximum absolute atomic E-state index is 13.2. The Labute approximate surface area is 223 Å². The van der Waals surface area contributed by atoms with E-state index in [1.807, 2.05) is 74.5 Å². The SMILES string of the molecule is COc1cc(C2(O)c3ccccc3-c3ccccc3C2(O)c2cc(OC)c(C)cc2OC)c(OC)cc1C. The molecule has 0 spiro atoms. The molecule has 2 unspecified atom stereocenters. The molecule has 0 aromatic heterocycles. The van der Waals surface area contributed by atoms with Gasteiger partial charge >= 0.3 is 0 Å². The van der Waals surface area contributed by atoms with Crippen LogP contribution in [-0.2, 0) is 11.2 Å². The zero-order chi connectivity index (χ0) is 27.2. The predicted octanol–water partition coefficient (Wildman–Crippen LogP) is 5.49. The van der Waals surface area contributed by atoms with Gasteiger partial charge in [0.05, 0.1) is 28.4 Å². The minimum absolute atomic E-state index is 0.355. The molecule has 196 valence electrons. The lowest BCUT2D eigenvalue weighted by molar-refractivity contribution is -0.116. The van der Waals surface area contributed by atoms with E-state index in [2.05, 4.69) is 0 Å². The Bertz CT molecular complexity index is 1410. The highest BCUT2D eigenvalue weighted by Gasteiger charge is 2.60. The van der Waals surface area contributed by atoms with E-state index in [0.29, 0.717) is 45.3 Å². The van der Waals surface area contributed by atoms with Crippen molar-refractivity contribution in [1.82, 2.24) is 0 Å². The topological polar surface area (TPSA) is 77.4 Å². The summed E-state index contributed by atoms with van der Waals surface area (Å²) < 4.78 is 22.9. The van der Waals surface area contributed by atoms with Crippen molar-refractivity contribution in [2.24, 2.45) is 0 Å². The molecule has 0 bridgehead atoms. The molecule has 5 rings (SSSR count). The molecule has 4 aromatic rings. The summed E-state index contributed by atoms with van der Waals surface area (Å²) in [6.45, 7) is 3.80. The Balaban J connectivity index is 2.01. The second-order valence-corrected chi connectivity index (χ2v) is 9.56. The van der Waals surface area contributed by atoms with Gasteiger partial charge in [0.1, 0.15) is 23.0 Å². The summed E-state index contributed by atoms with van der Waals surface area (Å²) in [5, 5.41) is 26.4. The normalized spacial score (nSPS) is 19.8. The highest BCUT2D eigenvalue weighted by atomic mass is 16.5. The van der Waals surface area contributed by atoms with E-state index in [1.165, 1.54) is 0 Å². The standard InChI is InChI=1S/C32H32O6/c1-19-15-29(37-5)25(17-27(19)35-3)31(33)23-13-9-7-11-21(23)22-12-8-10-14-24(22)32(31,34)26-18-28(36-4)20(2)16-30(26)38-6/h7-18,33-34H,1-6H3. The molecule has 0 aliphatic heterocycles. The third-order valence-electron chi connectivity index (χ3n) is 7.66. The molecular formula is C32H32O6. The lowest BCUT2D eigenvalue weighted by atomic mass is 9.60. The molecule has 4 aromatic carbocycles. The second-order valence-electron chi connectivity index (χ2n) is 9.56. The number of rotatable bonds is 6. The monoisotopic (exact) mass is 512 g/mol. The van der Waals surface area contributed by atoms with Gasteiger partial charge in [-0.2, -0.15) is 0 Å². The third kappa shape index (κ3) is 3.41. The molecule has 0 radical (unpaired) electrons. The van der Waals surface area contributed by atoms with Gasteiger partial charge in [0.25, 0.3) is 0 Å². The van der Waals surface area contributed by atoms with E-state index >= 15 is 0 Å². The van der Waals surface area contributed by atoms with Crippen LogP contribution < -0.4 is 18.9 Å². The summed E-state index contributed by atoms with van der Waals surface area (Å²) >= 11 is 0. The fraction of sp³-hybridized carbons (Fsp3) is 0.250. The summed E-state index contributed by atoms with van der Waals surface area (Å²) in [5.41, 5.74) is 0.958. The van der Waals surface area contributed by atoms with Crippen molar-refractivity contribution in [2.75, 3.05) is 28.4 Å². The van der Waals surface area contributed by atoms with Gasteiger partial charge < -0.3 is 29.2 Å². The fourth-order valence-corrected chi connectivity index (χ4v) is 5.80. The molecule has 1 aliphatic carbocycles. The highest BCUT2D eigenvalue weighted by molar-refractivity contribution is 5.81. The third-order valence-corrected chi connectivity index (χ3v) is 7.66. The summed E-state index contributed by atoms with van der Waals surface area (Å²) in [7, 11) is 6.25. The summed E-state index contributed by atoms with van der Waals surface area (Å²) in [5.74, 6) is 1.94. The molecule has 6 nitrogen and oxygen atoms in total. The lowest BCUT2D eigenvalue weighted by Crippen LogP contribution is -2.53. The van der Waals surface area contributed by atoms with Crippen molar-refractivity contribution in [2.45, 2.75) is 25.0 Å². The zero-order valence-corrected chi connectivity index (χ0v) is 22.5. The van der Waals surface area contributed by atoms with Gasteiger partial charge in [0.15, 0.2) is 11.2 Å². The van der Waals surface area contributed by atoms with Crippen LogP contribution in [-0.4, -0.2) is 38.7 Å². The summed E-state index contributed by atoms with van der Waals surface area (Å²) in [6.07, 6.45) is 0. The summed E-state index contributed by atoms with van der Waals surface area (Å²) in [6, 6.07) is 22.2. The molecule has 2 atom stereocenters. The van der Waals surface area contributed by atoms with Gasteiger partial charge in [-0.25, -0.2) is 0 Å². The van der Waals surface area contributed by atoms with Crippen LogP contribution in [0, 0.1) is 13.8 Å². The van der Waals surface area contributed by atoms with Crippen LogP contribution in [0.15, 0.2) is 72.8 Å². The molecule has 6 heteroatoms. The van der Waals surface area contributed by atoms with Crippen LogP contribution in [0.1, 0.15) is 33.4 Å². The van der Waals surface area contributed by atoms with E-state index in [-0.39, 0.29) is 0 Å². The first-order valence-electron chi connectivity index (χ1n) is 12.4. The largest absolute Gasteiger partial charge is 0.496 e. The van der Waals surface area contributed by atoms with Crippen LogP contribution in [0.4, 0.5) is 0 Å². The van der Waals surface area contributed by atoms with Crippen LogP contribution in [0.3, 0.4) is 0 Å². The minimum atomic E-state index is -2.03. The maximum atomic E-state index is 13.2. The van der Waals surface area contributed by atoms with E-state index < -0.39 is 11.2 Å². The lowest BCUT2D eigenvalue weighted by Gasteiger charge is -2.50. The Morgan fingerprint density at radius 3 is 1.16 bits per heavy atom. The van der Waals surface area contributed by atoms with E-state index in [9.17, 15) is 10.2 Å². The number of methoxy groups -OCH3 is 4. The first kappa shape index (κ1) is 25.6. The van der Waals surface area contributed by atoms with Crippen molar-refractivity contribution in [3.63, 3.8) is 0 Å². The maximum Gasteiger partial charge on any atom is 0.156 e. The molecule has 0 saturated heterocycles. The van der Waals surface area contributed by atoms with Crippen molar-refractivity contribution >= 4 is 0 Å². The highest BCUT2D eigenvalue weighted by Crippen LogP contribution is 2.61. The predicted molar refractivity (Wildman–Crippen MR) is 146 cm³/mol. The van der Waals surface area contributed by atoms with E-state index in [1.54, 1.807) is 40.6 Å². The quantitative estimate of drug-likeness (QED) is 0.356. The average molecular weight is 513 g/mol. The van der Waals surface area contributed by atoms with Gasteiger partial charge in [-0.1, -0.05) is 48.5 Å². The fourth-order valence-electron chi connectivity index (χ4n) is 5.80. The molecule has 0 saturated carbocycles. The number of aryl methyl sites for hydroxylation is 2. The van der Waals surface area contributed by atoms with Crippen molar-refractivity contribution < 1.29 is 29.2 Å². The second kappa shape index (κ2) is 9.39. The number of hydrogen-bond donors (Lipinski definition) is 2. The molecule has 38 heavy (non-hydrogen) atoms. The van der Waals surface area contributed by atoms with Crippen LogP contribution in [0.25, 0.3) is 11.1 Å². The van der Waals surface area contributed by atoms with Crippen molar-refractivity contribution in [3.8, 4) is 34.1 Å². The molecule has 0 fully saturated rings. The Morgan fingerprint density at radius 2 is 0.816 bits per heavy atom. The van der Waals surface area contributed by atoms with E-state index in [4.69, 9.17) is 18.9 Å². The minimum Gasteiger partial charge on any atom is -0.496 e. The zero-order valence-electron chi connectivity index (χ0n) is 22.5. The summed E-state index contributed by atoms with van der Waals surface area (Å²) in [4.78, 5) is 0. The smallest absolute Gasteiger partial charge is 0.156 e. The van der Waals surface area contributed by atoms with Crippen LogP contribution in [0.5, 0.6) is 23.0 Å². The van der Waals surface area contributed by atoms with Gasteiger partial charge in [-0.3, -0.25) is 0 Å². The van der Waals surface area contributed by atoms with Gasteiger partial charge in [-0.05, 0) is 71.5 Å². The molecular weight excluding hydrogens is 480 g/mol. The molecule has 2 N–H and O–H groups in total. The van der Waals surface area contributed by atoms with Gasteiger partial charge in [0, 0.05) is 11.1 Å². The molecule has 0 amide bonds. The van der Waals surface area contributed by atoms with Gasteiger partial charge in [-0.15, -0.1) is 0 Å². The number of aliphatic hydroxyl groups is 2. The average Bonchev–Trinajstić information content (AvgIpc) is 2.95. The van der Waals surface area contributed by atoms with E-state index in [0.717, 1.165) is 22.3 Å². The van der Waals surface area contributed by atoms with Crippen LogP contribution in [0.2, 0.25) is 0 Å². The Kier molecular flexibility index (Phi) is 6.33. The number of ether oxygens (including phenoxy) is 4. The molecule has 0 heterocycles. The first-order valence-corrected chi connectivity index (χ1v) is 12.4. The molecule has 1 aliphatic rings. The van der Waals surface area contributed by atoms with Crippen molar-refractivity contribution in [3.05, 3.63) is 106 Å². The Hall–Kier alpha value is -4.00. The van der Waals surface area contributed by atoms with Gasteiger partial charge in [0.2, 0.25) is 0 Å².